The summed E-state index contributed by atoms with van der Waals surface area (Å²) in [5.74, 6) is -0.270. The predicted octanol–water partition coefficient (Wildman–Crippen LogP) is 3.82. The van der Waals surface area contributed by atoms with Crippen LogP contribution in [0, 0.1) is 10.5 Å². The Balaban J connectivity index is 3.07. The highest BCUT2D eigenvalue weighted by Crippen LogP contribution is 2.20. The first-order valence-electron chi connectivity index (χ1n) is 3.99. The van der Waals surface area contributed by atoms with Gasteiger partial charge >= 0.3 is 0 Å². The molecule has 0 aliphatic carbocycles. The van der Waals surface area contributed by atoms with E-state index in [2.05, 4.69) is 36.1 Å². The second-order valence-corrected chi connectivity index (χ2v) is 4.12. The highest BCUT2D eigenvalue weighted by molar-refractivity contribution is 14.1. The molecule has 0 aromatic heterocycles. The van der Waals surface area contributed by atoms with E-state index in [4.69, 9.17) is 0 Å². The SMILES string of the molecule is [CH2]C(CF)c1cc(I)cc(C=C)c1. The molecule has 0 nitrogen and oxygen atoms in total. The molecule has 0 bridgehead atoms. The maximum Gasteiger partial charge on any atom is 0.0962 e. The Labute approximate surface area is 92.0 Å². The highest BCUT2D eigenvalue weighted by Gasteiger charge is 2.06. The van der Waals surface area contributed by atoms with Crippen molar-refractivity contribution in [2.24, 2.45) is 0 Å². The monoisotopic (exact) mass is 289 g/mol. The molecule has 0 fully saturated rings. The van der Waals surface area contributed by atoms with E-state index in [1.54, 1.807) is 6.08 Å². The molecule has 69 valence electrons. The van der Waals surface area contributed by atoms with Gasteiger partial charge in [0.1, 0.15) is 0 Å². The average Bonchev–Trinajstić information content (AvgIpc) is 2.15. The van der Waals surface area contributed by atoms with Crippen molar-refractivity contribution < 1.29 is 4.39 Å². The Morgan fingerprint density at radius 3 is 2.69 bits per heavy atom. The van der Waals surface area contributed by atoms with Crippen molar-refractivity contribution in [1.29, 1.82) is 0 Å². The van der Waals surface area contributed by atoms with Gasteiger partial charge < -0.3 is 0 Å². The van der Waals surface area contributed by atoms with Crippen molar-refractivity contribution in [2.75, 3.05) is 6.67 Å². The third kappa shape index (κ3) is 2.79. The predicted molar refractivity (Wildman–Crippen MR) is 63.3 cm³/mol. The number of hydrogen-bond donors (Lipinski definition) is 0. The molecule has 0 aliphatic rings. The number of benzene rings is 1. The zero-order valence-corrected chi connectivity index (χ0v) is 9.42. The van der Waals surface area contributed by atoms with Crippen LogP contribution in [0.3, 0.4) is 0 Å². The molecule has 0 aliphatic heterocycles. The van der Waals surface area contributed by atoms with Crippen molar-refractivity contribution in [3.63, 3.8) is 0 Å². The summed E-state index contributed by atoms with van der Waals surface area (Å²) in [5.41, 5.74) is 1.95. The maximum atomic E-state index is 12.3. The summed E-state index contributed by atoms with van der Waals surface area (Å²) in [5, 5.41) is 0. The van der Waals surface area contributed by atoms with Gasteiger partial charge in [0.2, 0.25) is 0 Å². The molecule has 13 heavy (non-hydrogen) atoms. The molecule has 1 rings (SSSR count). The van der Waals surface area contributed by atoms with E-state index in [1.165, 1.54) is 0 Å². The van der Waals surface area contributed by atoms with Crippen molar-refractivity contribution >= 4 is 28.7 Å². The summed E-state index contributed by atoms with van der Waals surface area (Å²) in [7, 11) is 0. The minimum Gasteiger partial charge on any atom is -0.250 e. The molecular weight excluding hydrogens is 278 g/mol. The fourth-order valence-electron chi connectivity index (χ4n) is 1.08. The van der Waals surface area contributed by atoms with Crippen LogP contribution in [0.25, 0.3) is 6.08 Å². The van der Waals surface area contributed by atoms with Crippen LogP contribution in [-0.2, 0) is 0 Å². The van der Waals surface area contributed by atoms with Crippen LogP contribution in [0.15, 0.2) is 24.8 Å². The molecule has 2 heteroatoms. The van der Waals surface area contributed by atoms with Crippen LogP contribution in [-0.4, -0.2) is 6.67 Å². The normalized spacial score (nSPS) is 12.5. The summed E-state index contributed by atoms with van der Waals surface area (Å²) in [6.07, 6.45) is 1.76. The Kier molecular flexibility index (Phi) is 3.90. The Morgan fingerprint density at radius 2 is 2.15 bits per heavy atom. The highest BCUT2D eigenvalue weighted by atomic mass is 127. The van der Waals surface area contributed by atoms with Crippen LogP contribution in [0.2, 0.25) is 0 Å². The van der Waals surface area contributed by atoms with E-state index in [9.17, 15) is 4.39 Å². The van der Waals surface area contributed by atoms with Crippen LogP contribution in [0.5, 0.6) is 0 Å². The second kappa shape index (κ2) is 4.74. The number of rotatable bonds is 3. The van der Waals surface area contributed by atoms with Gasteiger partial charge in [0, 0.05) is 9.49 Å². The van der Waals surface area contributed by atoms with Gasteiger partial charge in [0.15, 0.2) is 0 Å². The van der Waals surface area contributed by atoms with Gasteiger partial charge in [-0.1, -0.05) is 18.7 Å². The van der Waals surface area contributed by atoms with Gasteiger partial charge in [-0.25, -0.2) is 0 Å². The van der Waals surface area contributed by atoms with E-state index >= 15 is 0 Å². The Hall–Kier alpha value is -0.380. The minimum absolute atomic E-state index is 0.270. The summed E-state index contributed by atoms with van der Waals surface area (Å²) >= 11 is 2.21. The van der Waals surface area contributed by atoms with E-state index in [0.29, 0.717) is 0 Å². The first-order valence-corrected chi connectivity index (χ1v) is 5.07. The first kappa shape index (κ1) is 10.7. The lowest BCUT2D eigenvalue weighted by molar-refractivity contribution is 0.465. The molecule has 0 heterocycles. The van der Waals surface area contributed by atoms with Crippen molar-refractivity contribution in [2.45, 2.75) is 5.92 Å². The third-order valence-electron chi connectivity index (χ3n) is 1.84. The summed E-state index contributed by atoms with van der Waals surface area (Å²) < 4.78 is 13.4. The van der Waals surface area contributed by atoms with Crippen LogP contribution >= 0.6 is 22.6 Å². The summed E-state index contributed by atoms with van der Waals surface area (Å²) in [4.78, 5) is 0. The topological polar surface area (TPSA) is 0 Å². The summed E-state index contributed by atoms with van der Waals surface area (Å²) in [6, 6.07) is 5.87. The lowest BCUT2D eigenvalue weighted by Crippen LogP contribution is -1.96. The zero-order valence-electron chi connectivity index (χ0n) is 7.26. The van der Waals surface area contributed by atoms with Gasteiger partial charge in [0.25, 0.3) is 0 Å². The Morgan fingerprint density at radius 1 is 1.46 bits per heavy atom. The second-order valence-electron chi connectivity index (χ2n) is 2.87. The summed E-state index contributed by atoms with van der Waals surface area (Å²) in [6.45, 7) is 6.99. The van der Waals surface area contributed by atoms with E-state index in [-0.39, 0.29) is 5.92 Å². The fraction of sp³-hybridized carbons (Fsp3) is 0.182. The molecule has 0 saturated carbocycles. The Bertz CT molecular complexity index is 307. The van der Waals surface area contributed by atoms with Gasteiger partial charge in [-0.3, -0.25) is 4.39 Å². The van der Waals surface area contributed by atoms with E-state index < -0.39 is 6.67 Å². The van der Waals surface area contributed by atoms with E-state index in [1.807, 2.05) is 18.2 Å². The molecule has 1 unspecified atom stereocenters. The van der Waals surface area contributed by atoms with Crippen molar-refractivity contribution in [3.8, 4) is 0 Å². The molecule has 0 spiro atoms. The minimum atomic E-state index is -0.420. The van der Waals surface area contributed by atoms with Crippen LogP contribution in [0.1, 0.15) is 17.0 Å². The molecule has 1 atom stereocenters. The number of hydrogen-bond acceptors (Lipinski definition) is 0. The first-order chi connectivity index (χ1) is 6.17. The maximum absolute atomic E-state index is 12.3. The number of halogens is 2. The average molecular weight is 289 g/mol. The fourth-order valence-corrected chi connectivity index (χ4v) is 1.80. The zero-order chi connectivity index (χ0) is 9.84. The van der Waals surface area contributed by atoms with E-state index in [0.717, 1.165) is 14.7 Å². The van der Waals surface area contributed by atoms with Gasteiger partial charge in [-0.2, -0.15) is 0 Å². The molecule has 1 radical (unpaired) electrons. The molecule has 1 aromatic rings. The van der Waals surface area contributed by atoms with Crippen molar-refractivity contribution in [3.05, 3.63) is 46.4 Å². The van der Waals surface area contributed by atoms with Crippen molar-refractivity contribution in [1.82, 2.24) is 0 Å². The van der Waals surface area contributed by atoms with Gasteiger partial charge in [0.05, 0.1) is 6.67 Å². The third-order valence-corrected chi connectivity index (χ3v) is 2.46. The van der Waals surface area contributed by atoms with Crippen LogP contribution < -0.4 is 0 Å². The van der Waals surface area contributed by atoms with Gasteiger partial charge in [-0.05, 0) is 52.8 Å². The molecule has 1 aromatic carbocycles. The largest absolute Gasteiger partial charge is 0.250 e. The molecule has 0 saturated heterocycles. The molecule has 0 N–H and O–H groups in total. The van der Waals surface area contributed by atoms with Crippen LogP contribution in [0.4, 0.5) is 4.39 Å². The molecule has 0 amide bonds. The molecular formula is C11H11FI. The quantitative estimate of drug-likeness (QED) is 0.742. The van der Waals surface area contributed by atoms with Gasteiger partial charge in [-0.15, -0.1) is 0 Å². The smallest absolute Gasteiger partial charge is 0.0962 e. The lowest BCUT2D eigenvalue weighted by Gasteiger charge is -2.08. The lowest BCUT2D eigenvalue weighted by atomic mass is 10.0. The standard InChI is InChI=1S/C11H11FI/c1-3-9-4-10(8(2)7-12)6-11(13)5-9/h3-6,8H,1-2,7H2. The number of alkyl halides is 1.